The van der Waals surface area contributed by atoms with Gasteiger partial charge in [-0.2, -0.15) is 5.10 Å². The summed E-state index contributed by atoms with van der Waals surface area (Å²) in [6.45, 7) is 8.92. The topological polar surface area (TPSA) is 103 Å². The molecule has 1 heterocycles. The Kier molecular flexibility index (Phi) is 15.8. The minimum absolute atomic E-state index is 0.401. The molecule has 0 unspecified atom stereocenters. The number of halogens is 2. The summed E-state index contributed by atoms with van der Waals surface area (Å²) in [5.74, 6) is 14.0. The Bertz CT molecular complexity index is 1610. The van der Waals surface area contributed by atoms with E-state index in [-0.39, 0.29) is 0 Å². The van der Waals surface area contributed by atoms with Crippen LogP contribution in [0.3, 0.4) is 0 Å². The molecule has 0 spiro atoms. The molecule has 0 bridgehead atoms. The Morgan fingerprint density at radius 3 is 1.96 bits per heavy atom. The molecule has 4 rings (SSSR count). The summed E-state index contributed by atoms with van der Waals surface area (Å²) in [6.07, 6.45) is 18.1. The minimum Gasteiger partial charge on any atom is -0.457 e. The van der Waals surface area contributed by atoms with Crippen molar-refractivity contribution in [2.75, 3.05) is 5.88 Å². The number of allylic oxidation sites excluding steroid dienone is 4. The van der Waals surface area contributed by atoms with Gasteiger partial charge < -0.3 is 20.6 Å². The molecule has 0 radical (unpaired) electrons. The van der Waals surface area contributed by atoms with Crippen LogP contribution in [0.1, 0.15) is 50.3 Å². The lowest BCUT2D eigenvalue weighted by Gasteiger charge is -2.09. The van der Waals surface area contributed by atoms with Crippen LogP contribution in [-0.4, -0.2) is 21.3 Å². The largest absolute Gasteiger partial charge is 0.457 e. The van der Waals surface area contributed by atoms with Crippen molar-refractivity contribution >= 4 is 46.8 Å². The average molecular weight is 644 g/mol. The highest BCUT2D eigenvalue weighted by Crippen LogP contribution is 2.27. The van der Waals surface area contributed by atoms with Gasteiger partial charge in [0.1, 0.15) is 17.3 Å². The van der Waals surface area contributed by atoms with Crippen LogP contribution in [0, 0.1) is 12.8 Å². The molecule has 4 aromatic rings. The fourth-order valence-corrected chi connectivity index (χ4v) is 4.33. The number of nitrogens with two attached hydrogens (primary N) is 2. The van der Waals surface area contributed by atoms with E-state index in [1.165, 1.54) is 5.57 Å². The van der Waals surface area contributed by atoms with E-state index in [9.17, 15) is 0 Å². The Balaban J connectivity index is 0.000000790. The number of nitrogens with one attached hydrogen (secondary N) is 1. The zero-order valence-corrected chi connectivity index (χ0v) is 27.6. The molecule has 3 aromatic carbocycles. The van der Waals surface area contributed by atoms with E-state index in [4.69, 9.17) is 44.6 Å². The predicted molar refractivity (Wildman–Crippen MR) is 193 cm³/mol. The Morgan fingerprint density at radius 1 is 0.956 bits per heavy atom. The summed E-state index contributed by atoms with van der Waals surface area (Å²) in [5, 5.41) is 4.36. The van der Waals surface area contributed by atoms with E-state index >= 15 is 0 Å². The van der Waals surface area contributed by atoms with E-state index in [1.54, 1.807) is 13.0 Å². The molecule has 0 aliphatic heterocycles. The molecule has 1 aromatic heterocycles. The number of aryl methyl sites for hydroxylation is 1. The number of alkyl halides is 1. The number of ether oxygens (including phenoxy) is 1. The zero-order valence-electron chi connectivity index (χ0n) is 26.0. The van der Waals surface area contributed by atoms with Crippen LogP contribution in [0.2, 0.25) is 0 Å². The van der Waals surface area contributed by atoms with E-state index in [1.807, 2.05) is 43.3 Å². The fourth-order valence-electron chi connectivity index (χ4n) is 3.95. The first-order valence-electron chi connectivity index (χ1n) is 14.1. The summed E-state index contributed by atoms with van der Waals surface area (Å²) in [4.78, 5) is 4.77. The molecule has 0 saturated carbocycles. The Labute approximate surface area is 276 Å². The number of imidazole rings is 1. The van der Waals surface area contributed by atoms with Gasteiger partial charge in [0.15, 0.2) is 5.84 Å². The van der Waals surface area contributed by atoms with Gasteiger partial charge in [-0.05, 0) is 92.4 Å². The standard InChI is InChI=1S/C30H32N6O.C4H6Cl2.C2H2/c1-4-21(3)28-20-36(5-2)29(33-28)19-8-22-6-9-23(10-7-22)24-11-15-26(16-12-24)37-27-17-13-25(14-18-27)30(34-31)35-32;1-4(6)2-3-5;1-2/h4,6-20H,5,31-32H2,1-3H3,(H,34,35);2H,3H2,1H3;1-2H/b19-8+,21-4+;4-2+;. The van der Waals surface area contributed by atoms with E-state index in [0.29, 0.717) is 17.5 Å². The molecule has 5 N–H and O–H groups in total. The number of hydrazine groups is 1. The summed E-state index contributed by atoms with van der Waals surface area (Å²) >= 11 is 10.6. The van der Waals surface area contributed by atoms with Crippen molar-refractivity contribution in [1.29, 1.82) is 0 Å². The first kappa shape index (κ1) is 36.5. The van der Waals surface area contributed by atoms with Gasteiger partial charge in [0.05, 0.1) is 5.69 Å². The second-order valence-corrected chi connectivity index (χ2v) is 10.3. The van der Waals surface area contributed by atoms with Crippen molar-refractivity contribution in [2.24, 2.45) is 16.8 Å². The Hall–Kier alpha value is -4.74. The summed E-state index contributed by atoms with van der Waals surface area (Å²) in [6, 6.07) is 23.8. The molecule has 0 atom stereocenters. The van der Waals surface area contributed by atoms with Crippen LogP contribution in [-0.2, 0) is 6.54 Å². The van der Waals surface area contributed by atoms with Gasteiger partial charge in [0.25, 0.3) is 0 Å². The number of rotatable bonds is 9. The molecule has 9 heteroatoms. The number of hydrogen-bond acceptors (Lipinski definition) is 5. The number of nitrogens with zero attached hydrogens (tertiary/aromatic N) is 3. The van der Waals surface area contributed by atoms with Gasteiger partial charge in [0.2, 0.25) is 0 Å². The van der Waals surface area contributed by atoms with Gasteiger partial charge in [-0.15, -0.1) is 24.4 Å². The van der Waals surface area contributed by atoms with Crippen LogP contribution in [0.4, 0.5) is 0 Å². The van der Waals surface area contributed by atoms with Crippen molar-refractivity contribution in [3.8, 4) is 35.5 Å². The molecule has 0 aliphatic carbocycles. The van der Waals surface area contributed by atoms with Gasteiger partial charge >= 0.3 is 0 Å². The van der Waals surface area contributed by atoms with Crippen LogP contribution >= 0.6 is 23.2 Å². The fraction of sp³-hybridized carbons (Fsp3) is 0.167. The number of hydrazone groups is 1. The maximum Gasteiger partial charge on any atom is 0.166 e. The lowest BCUT2D eigenvalue weighted by atomic mass is 10.0. The number of aromatic nitrogens is 2. The zero-order chi connectivity index (χ0) is 33.2. The lowest BCUT2D eigenvalue weighted by molar-refractivity contribution is 0.483. The first-order chi connectivity index (χ1) is 21.8. The van der Waals surface area contributed by atoms with Crippen molar-refractivity contribution in [3.05, 3.63) is 119 Å². The van der Waals surface area contributed by atoms with Crippen LogP contribution in [0.15, 0.2) is 101 Å². The van der Waals surface area contributed by atoms with Crippen LogP contribution < -0.4 is 21.8 Å². The number of benzene rings is 3. The maximum atomic E-state index is 5.96. The van der Waals surface area contributed by atoms with Gasteiger partial charge in [-0.25, -0.2) is 10.8 Å². The van der Waals surface area contributed by atoms with Crippen molar-refractivity contribution in [1.82, 2.24) is 15.0 Å². The van der Waals surface area contributed by atoms with Crippen molar-refractivity contribution in [2.45, 2.75) is 34.2 Å². The van der Waals surface area contributed by atoms with Gasteiger partial charge in [0, 0.05) is 29.2 Å². The molecule has 234 valence electrons. The highest BCUT2D eigenvalue weighted by Gasteiger charge is 2.06. The third-order valence-electron chi connectivity index (χ3n) is 6.50. The SMILES string of the molecule is C#C.C/C(Cl)=C\CCl.C/C=C(\C)c1cn(CC)c(/C=C/c2ccc(-c3ccc(Oc4ccc(/C(=N/N)NN)cc4)cc3)cc2)n1. The average Bonchev–Trinajstić information content (AvgIpc) is 3.50. The molecule has 7 nitrogen and oxygen atoms in total. The highest BCUT2D eigenvalue weighted by atomic mass is 35.5. The summed E-state index contributed by atoms with van der Waals surface area (Å²) < 4.78 is 8.12. The molecule has 0 amide bonds. The third kappa shape index (κ3) is 11.4. The van der Waals surface area contributed by atoms with E-state index in [0.717, 1.165) is 51.1 Å². The first-order valence-corrected chi connectivity index (χ1v) is 15.1. The molecule has 45 heavy (non-hydrogen) atoms. The number of terminal acetylenes is 1. The molecular formula is C36H40Cl2N6O. The molecule has 0 aliphatic rings. The summed E-state index contributed by atoms with van der Waals surface area (Å²) in [5.41, 5.74) is 8.80. The summed E-state index contributed by atoms with van der Waals surface area (Å²) in [7, 11) is 0. The number of amidine groups is 1. The van der Waals surface area contributed by atoms with E-state index < -0.39 is 0 Å². The Morgan fingerprint density at radius 2 is 1.51 bits per heavy atom. The van der Waals surface area contributed by atoms with E-state index in [2.05, 4.69) is 103 Å². The normalized spacial score (nSPS) is 11.7. The second kappa shape index (κ2) is 19.5. The van der Waals surface area contributed by atoms with Crippen LogP contribution in [0.5, 0.6) is 11.5 Å². The monoisotopic (exact) mass is 642 g/mol. The number of hydrogen-bond donors (Lipinski definition) is 3. The predicted octanol–water partition coefficient (Wildman–Crippen LogP) is 8.66. The van der Waals surface area contributed by atoms with Gasteiger partial charge in [-0.1, -0.05) is 66.2 Å². The minimum atomic E-state index is 0.401. The molecule has 0 saturated heterocycles. The third-order valence-corrected chi connectivity index (χ3v) is 6.80. The molecular weight excluding hydrogens is 603 g/mol. The second-order valence-electron chi connectivity index (χ2n) is 9.42. The quantitative estimate of drug-likeness (QED) is 0.0423. The maximum absolute atomic E-state index is 5.96. The van der Waals surface area contributed by atoms with Crippen molar-refractivity contribution < 1.29 is 4.74 Å². The van der Waals surface area contributed by atoms with Crippen molar-refractivity contribution in [3.63, 3.8) is 0 Å². The van der Waals surface area contributed by atoms with Crippen LogP contribution in [0.25, 0.3) is 28.9 Å². The van der Waals surface area contributed by atoms with Gasteiger partial charge in [-0.3, -0.25) is 0 Å². The molecule has 0 fully saturated rings. The highest BCUT2D eigenvalue weighted by molar-refractivity contribution is 6.30. The smallest absolute Gasteiger partial charge is 0.166 e. The lowest BCUT2D eigenvalue weighted by Crippen LogP contribution is -2.31.